The Kier molecular flexibility index (Phi) is 3.36. The van der Waals surface area contributed by atoms with Crippen LogP contribution < -0.4 is 0 Å². The molecule has 4 aliphatic carbocycles. The quantitative estimate of drug-likeness (QED) is 0.690. The predicted octanol–water partition coefficient (Wildman–Crippen LogP) is 3.90. The number of carbonyl (C=O) groups is 2. The minimum atomic E-state index is -0.172. The van der Waals surface area contributed by atoms with E-state index in [1.165, 1.54) is 23.6 Å². The van der Waals surface area contributed by atoms with Crippen molar-refractivity contribution in [2.45, 2.75) is 58.5 Å². The Balaban J connectivity index is 1.73. The van der Waals surface area contributed by atoms with Crippen molar-refractivity contribution in [3.8, 4) is 0 Å². The first-order valence-electron chi connectivity index (χ1n) is 8.82. The first kappa shape index (κ1) is 14.9. The fourth-order valence-corrected chi connectivity index (χ4v) is 5.36. The molecule has 122 valence electrons. The summed E-state index contributed by atoms with van der Waals surface area (Å²) >= 11 is 0. The molecule has 0 heterocycles. The summed E-state index contributed by atoms with van der Waals surface area (Å²) in [6, 6.07) is 0. The lowest BCUT2D eigenvalue weighted by Gasteiger charge is -2.45. The number of ketones is 1. The molecule has 1 saturated carbocycles. The monoisotopic (exact) mass is 312 g/mol. The molecule has 0 aliphatic heterocycles. The summed E-state index contributed by atoms with van der Waals surface area (Å²) < 4.78 is 5.62. The van der Waals surface area contributed by atoms with Crippen LogP contribution in [0.2, 0.25) is 0 Å². The van der Waals surface area contributed by atoms with Crippen molar-refractivity contribution in [3.05, 3.63) is 34.9 Å². The maximum Gasteiger partial charge on any atom is 0.302 e. The molecule has 0 unspecified atom stereocenters. The van der Waals surface area contributed by atoms with E-state index in [0.29, 0.717) is 18.3 Å². The smallest absolute Gasteiger partial charge is 0.302 e. The van der Waals surface area contributed by atoms with Crippen molar-refractivity contribution in [1.29, 1.82) is 0 Å². The van der Waals surface area contributed by atoms with Gasteiger partial charge in [-0.25, -0.2) is 0 Å². The number of esters is 1. The Bertz CT molecular complexity index is 666. The SMILES string of the molecule is CC(=O)O[C@@H]1CC[C@@H]2[C@H]3CCC4=CC(=O)CCC4=C3C=C[C@]21C. The second-order valence-electron chi connectivity index (χ2n) is 7.70. The minimum absolute atomic E-state index is 0.0117. The number of hydrogen-bond donors (Lipinski definition) is 0. The van der Waals surface area contributed by atoms with Crippen LogP contribution in [0.4, 0.5) is 0 Å². The Labute approximate surface area is 137 Å². The summed E-state index contributed by atoms with van der Waals surface area (Å²) in [6.45, 7) is 3.76. The van der Waals surface area contributed by atoms with Crippen LogP contribution in [0.15, 0.2) is 34.9 Å². The molecule has 0 bridgehead atoms. The third-order valence-electron chi connectivity index (χ3n) is 6.47. The predicted molar refractivity (Wildman–Crippen MR) is 87.6 cm³/mol. The number of rotatable bonds is 1. The number of hydrogen-bond acceptors (Lipinski definition) is 3. The van der Waals surface area contributed by atoms with Crippen LogP contribution in [0, 0.1) is 17.3 Å². The molecule has 0 aromatic heterocycles. The van der Waals surface area contributed by atoms with Gasteiger partial charge in [0.05, 0.1) is 0 Å². The zero-order chi connectivity index (χ0) is 16.2. The highest BCUT2D eigenvalue weighted by atomic mass is 16.5. The average molecular weight is 312 g/mol. The maximum absolute atomic E-state index is 11.7. The Morgan fingerprint density at radius 1 is 1.22 bits per heavy atom. The molecule has 23 heavy (non-hydrogen) atoms. The molecule has 4 aliphatic rings. The molecule has 3 heteroatoms. The maximum atomic E-state index is 11.7. The molecule has 0 N–H and O–H groups in total. The summed E-state index contributed by atoms with van der Waals surface area (Å²) in [5.41, 5.74) is 4.12. The van der Waals surface area contributed by atoms with Crippen LogP contribution in [0.3, 0.4) is 0 Å². The highest BCUT2D eigenvalue weighted by Gasteiger charge is 2.53. The number of allylic oxidation sites excluding steroid dienone is 5. The summed E-state index contributed by atoms with van der Waals surface area (Å²) in [5, 5.41) is 0. The molecule has 0 radical (unpaired) electrons. The van der Waals surface area contributed by atoms with Gasteiger partial charge in [0.25, 0.3) is 0 Å². The van der Waals surface area contributed by atoms with Crippen molar-refractivity contribution >= 4 is 11.8 Å². The van der Waals surface area contributed by atoms with Crippen molar-refractivity contribution in [1.82, 2.24) is 0 Å². The molecule has 1 fully saturated rings. The van der Waals surface area contributed by atoms with E-state index in [-0.39, 0.29) is 23.3 Å². The van der Waals surface area contributed by atoms with E-state index in [2.05, 4.69) is 19.1 Å². The lowest BCUT2D eigenvalue weighted by Crippen LogP contribution is -2.40. The normalized spacial score (nSPS) is 38.6. The molecule has 4 atom stereocenters. The summed E-state index contributed by atoms with van der Waals surface area (Å²) in [6.07, 6.45) is 12.2. The topological polar surface area (TPSA) is 43.4 Å². The number of ether oxygens (including phenoxy) is 1. The van der Waals surface area contributed by atoms with Gasteiger partial charge in [-0.3, -0.25) is 9.59 Å². The summed E-state index contributed by atoms with van der Waals surface area (Å²) in [5.74, 6) is 1.22. The standard InChI is InChI=1S/C20H24O3/c1-12(21)23-19-8-7-18-17-5-3-13-11-14(22)4-6-15(13)16(17)9-10-20(18,19)2/h9-11,17-19H,3-8H2,1-2H3/t17-,18+,19+,20+/m0/s1. The Hall–Kier alpha value is -1.64. The zero-order valence-electron chi connectivity index (χ0n) is 13.9. The van der Waals surface area contributed by atoms with Crippen LogP contribution >= 0.6 is 0 Å². The van der Waals surface area contributed by atoms with Gasteiger partial charge in [-0.05, 0) is 66.7 Å². The van der Waals surface area contributed by atoms with Gasteiger partial charge in [0.2, 0.25) is 0 Å². The van der Waals surface area contributed by atoms with E-state index >= 15 is 0 Å². The van der Waals surface area contributed by atoms with E-state index in [1.807, 2.05) is 6.08 Å². The zero-order valence-corrected chi connectivity index (χ0v) is 13.9. The van der Waals surface area contributed by atoms with Gasteiger partial charge >= 0.3 is 5.97 Å². The molecular formula is C20H24O3. The van der Waals surface area contributed by atoms with Crippen molar-refractivity contribution in [2.75, 3.05) is 0 Å². The average Bonchev–Trinajstić information content (AvgIpc) is 2.83. The molecule has 0 aromatic rings. The lowest BCUT2D eigenvalue weighted by atomic mass is 9.60. The van der Waals surface area contributed by atoms with Gasteiger partial charge in [-0.1, -0.05) is 19.1 Å². The Morgan fingerprint density at radius 2 is 2.04 bits per heavy atom. The molecule has 0 saturated heterocycles. The van der Waals surface area contributed by atoms with E-state index < -0.39 is 0 Å². The second kappa shape index (κ2) is 5.19. The fourth-order valence-electron chi connectivity index (χ4n) is 5.36. The molecular weight excluding hydrogens is 288 g/mol. The third kappa shape index (κ3) is 2.24. The van der Waals surface area contributed by atoms with Crippen molar-refractivity contribution in [2.24, 2.45) is 17.3 Å². The van der Waals surface area contributed by atoms with E-state index in [9.17, 15) is 9.59 Å². The first-order valence-corrected chi connectivity index (χ1v) is 8.82. The van der Waals surface area contributed by atoms with Crippen molar-refractivity contribution < 1.29 is 14.3 Å². The van der Waals surface area contributed by atoms with Crippen LogP contribution in [0.1, 0.15) is 52.4 Å². The first-order chi connectivity index (χ1) is 11.0. The molecule has 4 rings (SSSR count). The molecule has 0 spiro atoms. The minimum Gasteiger partial charge on any atom is -0.462 e. The van der Waals surface area contributed by atoms with Crippen LogP contribution in [-0.4, -0.2) is 17.9 Å². The lowest BCUT2D eigenvalue weighted by molar-refractivity contribution is -0.150. The van der Waals surface area contributed by atoms with Crippen LogP contribution in [0.25, 0.3) is 0 Å². The second-order valence-corrected chi connectivity index (χ2v) is 7.70. The number of fused-ring (bicyclic) bond motifs is 4. The third-order valence-corrected chi connectivity index (χ3v) is 6.47. The molecule has 0 aromatic carbocycles. The fraction of sp³-hybridized carbons (Fsp3) is 0.600. The van der Waals surface area contributed by atoms with E-state index in [4.69, 9.17) is 4.74 Å². The van der Waals surface area contributed by atoms with Crippen LogP contribution in [0.5, 0.6) is 0 Å². The highest BCUT2D eigenvalue weighted by molar-refractivity contribution is 5.93. The summed E-state index contributed by atoms with van der Waals surface area (Å²) in [4.78, 5) is 23.1. The molecule has 3 nitrogen and oxygen atoms in total. The summed E-state index contributed by atoms with van der Waals surface area (Å²) in [7, 11) is 0. The Morgan fingerprint density at radius 3 is 2.83 bits per heavy atom. The highest BCUT2D eigenvalue weighted by Crippen LogP contribution is 2.57. The van der Waals surface area contributed by atoms with E-state index in [1.54, 1.807) is 0 Å². The van der Waals surface area contributed by atoms with Crippen LogP contribution in [-0.2, 0) is 14.3 Å². The number of carbonyl (C=O) groups excluding carboxylic acids is 2. The van der Waals surface area contributed by atoms with E-state index in [0.717, 1.165) is 32.1 Å². The van der Waals surface area contributed by atoms with Crippen molar-refractivity contribution in [3.63, 3.8) is 0 Å². The van der Waals surface area contributed by atoms with Gasteiger partial charge in [-0.2, -0.15) is 0 Å². The van der Waals surface area contributed by atoms with Gasteiger partial charge in [0.15, 0.2) is 5.78 Å². The molecule has 0 amide bonds. The van der Waals surface area contributed by atoms with Gasteiger partial charge in [0, 0.05) is 18.8 Å². The van der Waals surface area contributed by atoms with Gasteiger partial charge in [0.1, 0.15) is 6.10 Å². The van der Waals surface area contributed by atoms with Gasteiger partial charge < -0.3 is 4.74 Å². The van der Waals surface area contributed by atoms with Gasteiger partial charge in [-0.15, -0.1) is 0 Å². The largest absolute Gasteiger partial charge is 0.462 e.